The molecular formula is C25H19BrClIN2O3. The highest BCUT2D eigenvalue weighted by atomic mass is 127. The van der Waals surface area contributed by atoms with Crippen LogP contribution in [0.4, 0.5) is 5.69 Å². The van der Waals surface area contributed by atoms with Gasteiger partial charge in [-0.25, -0.2) is 0 Å². The molecule has 3 aromatic carbocycles. The molecule has 1 amide bonds. The number of nitriles is 1. The fourth-order valence-electron chi connectivity index (χ4n) is 2.85. The van der Waals surface area contributed by atoms with Crippen molar-refractivity contribution >= 4 is 67.8 Å². The van der Waals surface area contributed by atoms with Gasteiger partial charge in [-0.2, -0.15) is 5.26 Å². The second kappa shape index (κ2) is 12.1. The minimum Gasteiger partial charge on any atom is -0.494 e. The summed E-state index contributed by atoms with van der Waals surface area (Å²) in [4.78, 5) is 12.6. The van der Waals surface area contributed by atoms with Crippen LogP contribution in [0.15, 0.2) is 70.7 Å². The van der Waals surface area contributed by atoms with Crippen molar-refractivity contribution in [2.45, 2.75) is 13.5 Å². The second-order valence-electron chi connectivity index (χ2n) is 6.81. The van der Waals surface area contributed by atoms with Gasteiger partial charge in [-0.1, -0.05) is 23.7 Å². The molecule has 0 bridgehead atoms. The molecule has 0 unspecified atom stereocenters. The Morgan fingerprint density at radius 1 is 1.15 bits per heavy atom. The van der Waals surface area contributed by atoms with Crippen molar-refractivity contribution in [3.63, 3.8) is 0 Å². The number of rotatable bonds is 8. The third-order valence-electron chi connectivity index (χ3n) is 4.42. The van der Waals surface area contributed by atoms with Crippen molar-refractivity contribution in [1.29, 1.82) is 5.26 Å². The highest BCUT2D eigenvalue weighted by molar-refractivity contribution is 14.1. The van der Waals surface area contributed by atoms with Crippen LogP contribution >= 0.6 is 50.1 Å². The predicted octanol–water partition coefficient (Wildman–Crippen LogP) is 7.23. The van der Waals surface area contributed by atoms with Crippen LogP contribution in [0.1, 0.15) is 18.1 Å². The Morgan fingerprint density at radius 3 is 2.45 bits per heavy atom. The number of carbonyl (C=O) groups is 1. The molecule has 0 fully saturated rings. The van der Waals surface area contributed by atoms with Gasteiger partial charge >= 0.3 is 0 Å². The largest absolute Gasteiger partial charge is 0.494 e. The van der Waals surface area contributed by atoms with Crippen molar-refractivity contribution in [2.24, 2.45) is 0 Å². The molecular weight excluding hydrogens is 619 g/mol. The Balaban J connectivity index is 1.72. The standard InChI is InChI=1S/C25H19BrClIN2O3/c1-2-32-21-9-7-20(8-10-21)30-25(31)18(14-29)11-17-12-22(26)24(23(28)13-17)33-15-16-3-5-19(27)6-4-16/h3-13H,2,15H2,1H3,(H,30,31)/b18-11-. The first-order chi connectivity index (χ1) is 15.9. The van der Waals surface area contributed by atoms with Crippen molar-refractivity contribution in [1.82, 2.24) is 0 Å². The van der Waals surface area contributed by atoms with Gasteiger partial charge in [0.25, 0.3) is 5.91 Å². The summed E-state index contributed by atoms with van der Waals surface area (Å²) < 4.78 is 12.9. The lowest BCUT2D eigenvalue weighted by Gasteiger charge is -2.12. The van der Waals surface area contributed by atoms with Gasteiger partial charge in [0.2, 0.25) is 0 Å². The number of ether oxygens (including phenoxy) is 2. The molecule has 168 valence electrons. The van der Waals surface area contributed by atoms with Crippen LogP contribution < -0.4 is 14.8 Å². The van der Waals surface area contributed by atoms with E-state index in [1.807, 2.05) is 43.3 Å². The molecule has 0 aromatic heterocycles. The van der Waals surface area contributed by atoms with Gasteiger partial charge in [0.05, 0.1) is 14.6 Å². The molecule has 0 spiro atoms. The van der Waals surface area contributed by atoms with Crippen LogP contribution in [0.5, 0.6) is 11.5 Å². The molecule has 0 atom stereocenters. The van der Waals surface area contributed by atoms with Crippen molar-refractivity contribution in [2.75, 3.05) is 11.9 Å². The monoisotopic (exact) mass is 636 g/mol. The number of hydrogen-bond donors (Lipinski definition) is 1. The first-order valence-electron chi connectivity index (χ1n) is 9.92. The van der Waals surface area contributed by atoms with Crippen LogP contribution in [0.2, 0.25) is 5.02 Å². The Morgan fingerprint density at radius 2 is 1.85 bits per heavy atom. The Kier molecular flexibility index (Phi) is 9.18. The summed E-state index contributed by atoms with van der Waals surface area (Å²) in [6.45, 7) is 2.85. The van der Waals surface area contributed by atoms with E-state index in [2.05, 4.69) is 43.8 Å². The van der Waals surface area contributed by atoms with Gasteiger partial charge in [-0.15, -0.1) is 0 Å². The summed E-state index contributed by atoms with van der Waals surface area (Å²) >= 11 is 11.6. The molecule has 3 aromatic rings. The Labute approximate surface area is 219 Å². The number of nitrogens with zero attached hydrogens (tertiary/aromatic N) is 1. The van der Waals surface area contributed by atoms with Gasteiger partial charge in [-0.05, 0) is 111 Å². The van der Waals surface area contributed by atoms with Crippen LogP contribution in [0.25, 0.3) is 6.08 Å². The van der Waals surface area contributed by atoms with E-state index in [4.69, 9.17) is 21.1 Å². The van der Waals surface area contributed by atoms with E-state index in [-0.39, 0.29) is 5.57 Å². The average Bonchev–Trinajstić information content (AvgIpc) is 2.79. The molecule has 0 aliphatic heterocycles. The van der Waals surface area contributed by atoms with Crippen LogP contribution in [0, 0.1) is 14.9 Å². The fourth-order valence-corrected chi connectivity index (χ4v) is 4.75. The molecule has 0 saturated carbocycles. The summed E-state index contributed by atoms with van der Waals surface area (Å²) in [6, 6.07) is 20.0. The topological polar surface area (TPSA) is 71.3 Å². The number of amides is 1. The number of carbonyl (C=O) groups excluding carboxylic acids is 1. The molecule has 0 heterocycles. The molecule has 0 aliphatic carbocycles. The number of nitrogens with one attached hydrogen (secondary N) is 1. The number of halogens is 3. The Bertz CT molecular complexity index is 1180. The summed E-state index contributed by atoms with van der Waals surface area (Å²) in [7, 11) is 0. The minimum absolute atomic E-state index is 0.0126. The van der Waals surface area contributed by atoms with E-state index >= 15 is 0 Å². The molecule has 1 N–H and O–H groups in total. The van der Waals surface area contributed by atoms with Crippen LogP contribution in [-0.4, -0.2) is 12.5 Å². The zero-order valence-electron chi connectivity index (χ0n) is 17.6. The molecule has 8 heteroatoms. The maximum absolute atomic E-state index is 12.6. The maximum Gasteiger partial charge on any atom is 0.266 e. The molecule has 0 aliphatic rings. The van der Waals surface area contributed by atoms with Crippen molar-refractivity contribution < 1.29 is 14.3 Å². The van der Waals surface area contributed by atoms with E-state index in [0.717, 1.165) is 13.6 Å². The van der Waals surface area contributed by atoms with E-state index in [9.17, 15) is 10.1 Å². The maximum atomic E-state index is 12.6. The first kappa shape index (κ1) is 25.1. The second-order valence-corrected chi connectivity index (χ2v) is 9.26. The van der Waals surface area contributed by atoms with Gasteiger partial charge < -0.3 is 14.8 Å². The SMILES string of the molecule is CCOc1ccc(NC(=O)/C(C#N)=C\c2cc(Br)c(OCc3ccc(Cl)cc3)c(I)c2)cc1. The smallest absolute Gasteiger partial charge is 0.266 e. The van der Waals surface area contributed by atoms with Gasteiger partial charge in [-0.3, -0.25) is 4.79 Å². The normalized spacial score (nSPS) is 10.9. The van der Waals surface area contributed by atoms with E-state index < -0.39 is 5.91 Å². The lowest BCUT2D eigenvalue weighted by molar-refractivity contribution is -0.112. The number of hydrogen-bond acceptors (Lipinski definition) is 4. The molecule has 5 nitrogen and oxygen atoms in total. The highest BCUT2D eigenvalue weighted by Crippen LogP contribution is 2.33. The lowest BCUT2D eigenvalue weighted by atomic mass is 10.1. The molecule has 3 rings (SSSR count). The third-order valence-corrected chi connectivity index (χ3v) is 6.06. The predicted molar refractivity (Wildman–Crippen MR) is 142 cm³/mol. The van der Waals surface area contributed by atoms with Crippen molar-refractivity contribution in [3.05, 3.63) is 90.4 Å². The summed E-state index contributed by atoms with van der Waals surface area (Å²) in [5.74, 6) is 0.903. The Hall–Kier alpha value is -2.54. The summed E-state index contributed by atoms with van der Waals surface area (Å²) in [5, 5.41) is 12.9. The van der Waals surface area contributed by atoms with Gasteiger partial charge in [0.15, 0.2) is 0 Å². The third kappa shape index (κ3) is 7.22. The molecule has 0 radical (unpaired) electrons. The zero-order chi connectivity index (χ0) is 23.8. The van der Waals surface area contributed by atoms with Gasteiger partial charge in [0.1, 0.15) is 29.7 Å². The van der Waals surface area contributed by atoms with Crippen LogP contribution in [0.3, 0.4) is 0 Å². The van der Waals surface area contributed by atoms with E-state index in [0.29, 0.717) is 41.0 Å². The molecule has 33 heavy (non-hydrogen) atoms. The first-order valence-corrected chi connectivity index (χ1v) is 12.2. The minimum atomic E-state index is -0.490. The lowest BCUT2D eigenvalue weighted by Crippen LogP contribution is -2.13. The zero-order valence-corrected chi connectivity index (χ0v) is 22.1. The van der Waals surface area contributed by atoms with E-state index in [1.165, 1.54) is 0 Å². The van der Waals surface area contributed by atoms with E-state index in [1.54, 1.807) is 36.4 Å². The van der Waals surface area contributed by atoms with Crippen molar-refractivity contribution in [3.8, 4) is 17.6 Å². The quantitative estimate of drug-likeness (QED) is 0.161. The number of benzene rings is 3. The number of anilines is 1. The van der Waals surface area contributed by atoms with Crippen LogP contribution in [-0.2, 0) is 11.4 Å². The average molecular weight is 638 g/mol. The van der Waals surface area contributed by atoms with Gasteiger partial charge in [0, 0.05) is 10.7 Å². The summed E-state index contributed by atoms with van der Waals surface area (Å²) in [5.41, 5.74) is 2.25. The summed E-state index contributed by atoms with van der Waals surface area (Å²) in [6.07, 6.45) is 1.54. The fraction of sp³-hybridized carbons (Fsp3) is 0.120. The molecule has 0 saturated heterocycles. The highest BCUT2D eigenvalue weighted by Gasteiger charge is 2.13.